The van der Waals surface area contributed by atoms with Crippen LogP contribution in [-0.4, -0.2) is 26.7 Å². The van der Waals surface area contributed by atoms with Gasteiger partial charge >= 0.3 is 0 Å². The smallest absolute Gasteiger partial charge is 0.177 e. The molecule has 0 fully saturated rings. The summed E-state index contributed by atoms with van der Waals surface area (Å²) in [5.74, 6) is 0. The Balaban J connectivity index is 2.94. The monoisotopic (exact) mass is 200 g/mol. The first-order chi connectivity index (χ1) is 6.04. The summed E-state index contributed by atoms with van der Waals surface area (Å²) in [5.41, 5.74) is 0.829. The third kappa shape index (κ3) is 2.78. The number of hydrogen-bond donors (Lipinski definition) is 1. The Morgan fingerprint density at radius 3 is 2.54 bits per heavy atom. The summed E-state index contributed by atoms with van der Waals surface area (Å²) in [6, 6.07) is 3.27. The molecule has 0 aliphatic heterocycles. The fraction of sp³-hybridized carbons (Fsp3) is 0.375. The molecule has 0 aliphatic rings. The van der Waals surface area contributed by atoms with Crippen molar-refractivity contribution in [2.45, 2.75) is 11.4 Å². The fourth-order valence-corrected chi connectivity index (χ4v) is 1.48. The molecule has 5 heteroatoms. The standard InChI is InChI=1S/C8H12N2O2S/c1-9-5-7-3-4-8(6-10-7)13(2,11)12/h3-4,6,9H,5H2,1-2H3. The minimum absolute atomic E-state index is 0.257. The van der Waals surface area contributed by atoms with Gasteiger partial charge in [-0.15, -0.1) is 0 Å². The van der Waals surface area contributed by atoms with Crippen LogP contribution in [0.25, 0.3) is 0 Å². The van der Waals surface area contributed by atoms with E-state index in [2.05, 4.69) is 10.3 Å². The van der Waals surface area contributed by atoms with Crippen LogP contribution in [0.5, 0.6) is 0 Å². The topological polar surface area (TPSA) is 59.1 Å². The Morgan fingerprint density at radius 2 is 2.15 bits per heavy atom. The summed E-state index contributed by atoms with van der Waals surface area (Å²) in [6.45, 7) is 0.643. The fourth-order valence-electron chi connectivity index (χ4n) is 0.916. The lowest BCUT2D eigenvalue weighted by molar-refractivity contribution is 0.601. The van der Waals surface area contributed by atoms with Crippen LogP contribution >= 0.6 is 0 Å². The molecule has 1 heterocycles. The molecule has 0 spiro atoms. The maximum atomic E-state index is 11.0. The first-order valence-electron chi connectivity index (χ1n) is 3.83. The van der Waals surface area contributed by atoms with E-state index in [1.165, 1.54) is 12.5 Å². The van der Waals surface area contributed by atoms with Gasteiger partial charge in [-0.2, -0.15) is 0 Å². The molecule has 0 aliphatic carbocycles. The van der Waals surface area contributed by atoms with Crippen molar-refractivity contribution in [3.05, 3.63) is 24.0 Å². The van der Waals surface area contributed by atoms with Gasteiger partial charge < -0.3 is 5.32 Å². The number of sulfone groups is 1. The van der Waals surface area contributed by atoms with Crippen molar-refractivity contribution in [3.8, 4) is 0 Å². The average molecular weight is 200 g/mol. The zero-order chi connectivity index (χ0) is 9.90. The predicted molar refractivity (Wildman–Crippen MR) is 50.1 cm³/mol. The van der Waals surface area contributed by atoms with Crippen LogP contribution in [0, 0.1) is 0 Å². The van der Waals surface area contributed by atoms with E-state index >= 15 is 0 Å². The average Bonchev–Trinajstić information content (AvgIpc) is 2.04. The van der Waals surface area contributed by atoms with E-state index < -0.39 is 9.84 Å². The van der Waals surface area contributed by atoms with Crippen molar-refractivity contribution < 1.29 is 8.42 Å². The van der Waals surface area contributed by atoms with E-state index in [1.807, 2.05) is 7.05 Å². The number of rotatable bonds is 3. The summed E-state index contributed by atoms with van der Waals surface area (Å²) >= 11 is 0. The molecule has 72 valence electrons. The van der Waals surface area contributed by atoms with Crippen molar-refractivity contribution in [1.29, 1.82) is 0 Å². The molecule has 1 aromatic heterocycles. The summed E-state index contributed by atoms with van der Waals surface area (Å²) in [5, 5.41) is 2.93. The minimum Gasteiger partial charge on any atom is -0.314 e. The van der Waals surface area contributed by atoms with Gasteiger partial charge in [0, 0.05) is 19.0 Å². The number of pyridine rings is 1. The first-order valence-corrected chi connectivity index (χ1v) is 5.73. The van der Waals surface area contributed by atoms with Crippen LogP contribution in [0.1, 0.15) is 5.69 Å². The number of nitrogens with zero attached hydrogens (tertiary/aromatic N) is 1. The Bertz CT molecular complexity index is 370. The zero-order valence-corrected chi connectivity index (χ0v) is 8.43. The van der Waals surface area contributed by atoms with Gasteiger partial charge in [-0.05, 0) is 19.2 Å². The highest BCUT2D eigenvalue weighted by Crippen LogP contribution is 2.06. The highest BCUT2D eigenvalue weighted by Gasteiger charge is 2.06. The second-order valence-electron chi connectivity index (χ2n) is 2.79. The molecule has 0 unspecified atom stereocenters. The Kier molecular flexibility index (Phi) is 3.00. The van der Waals surface area contributed by atoms with E-state index in [0.29, 0.717) is 6.54 Å². The van der Waals surface area contributed by atoms with Crippen LogP contribution in [0.4, 0.5) is 0 Å². The lowest BCUT2D eigenvalue weighted by atomic mass is 10.3. The molecule has 13 heavy (non-hydrogen) atoms. The van der Waals surface area contributed by atoms with E-state index in [9.17, 15) is 8.42 Å². The molecule has 0 radical (unpaired) electrons. The van der Waals surface area contributed by atoms with Crippen molar-refractivity contribution in [2.75, 3.05) is 13.3 Å². The molecule has 0 atom stereocenters. The molecule has 1 N–H and O–H groups in total. The number of aromatic nitrogens is 1. The van der Waals surface area contributed by atoms with Crippen LogP contribution in [-0.2, 0) is 16.4 Å². The van der Waals surface area contributed by atoms with E-state index in [1.54, 1.807) is 12.1 Å². The van der Waals surface area contributed by atoms with E-state index in [-0.39, 0.29) is 4.90 Å². The summed E-state index contributed by atoms with van der Waals surface area (Å²) in [7, 11) is -1.31. The molecule has 0 aromatic carbocycles. The van der Waals surface area contributed by atoms with E-state index in [0.717, 1.165) is 5.69 Å². The molecule has 0 bridgehead atoms. The van der Waals surface area contributed by atoms with Gasteiger partial charge in [0.15, 0.2) is 9.84 Å². The molecule has 0 saturated carbocycles. The molecule has 0 saturated heterocycles. The van der Waals surface area contributed by atoms with Crippen LogP contribution < -0.4 is 5.32 Å². The Hall–Kier alpha value is -0.940. The van der Waals surface area contributed by atoms with Crippen LogP contribution in [0.15, 0.2) is 23.2 Å². The normalized spacial score (nSPS) is 11.5. The van der Waals surface area contributed by atoms with Crippen molar-refractivity contribution in [2.24, 2.45) is 0 Å². The molecule has 4 nitrogen and oxygen atoms in total. The Labute approximate surface area is 77.9 Å². The maximum absolute atomic E-state index is 11.0. The highest BCUT2D eigenvalue weighted by atomic mass is 32.2. The van der Waals surface area contributed by atoms with Crippen LogP contribution in [0.2, 0.25) is 0 Å². The molecule has 1 aromatic rings. The van der Waals surface area contributed by atoms with Gasteiger partial charge in [-0.25, -0.2) is 8.42 Å². The molecular weight excluding hydrogens is 188 g/mol. The predicted octanol–water partition coefficient (Wildman–Crippen LogP) is 0.204. The summed E-state index contributed by atoms with van der Waals surface area (Å²) < 4.78 is 22.1. The van der Waals surface area contributed by atoms with Gasteiger partial charge in [0.25, 0.3) is 0 Å². The highest BCUT2D eigenvalue weighted by molar-refractivity contribution is 7.90. The van der Waals surface area contributed by atoms with E-state index in [4.69, 9.17) is 0 Å². The van der Waals surface area contributed by atoms with Crippen LogP contribution in [0.3, 0.4) is 0 Å². The quantitative estimate of drug-likeness (QED) is 0.757. The first kappa shape index (κ1) is 10.1. The summed E-state index contributed by atoms with van der Waals surface area (Å²) in [6.07, 6.45) is 2.55. The molecule has 1 rings (SSSR count). The lowest BCUT2D eigenvalue weighted by Crippen LogP contribution is -2.07. The third-order valence-electron chi connectivity index (χ3n) is 1.58. The van der Waals surface area contributed by atoms with Gasteiger partial charge in [-0.1, -0.05) is 0 Å². The van der Waals surface area contributed by atoms with Gasteiger partial charge in [0.1, 0.15) is 0 Å². The van der Waals surface area contributed by atoms with Gasteiger partial charge in [0.2, 0.25) is 0 Å². The van der Waals surface area contributed by atoms with Gasteiger partial charge in [0.05, 0.1) is 10.6 Å². The molecule has 0 amide bonds. The zero-order valence-electron chi connectivity index (χ0n) is 7.61. The minimum atomic E-state index is -3.12. The third-order valence-corrected chi connectivity index (χ3v) is 2.68. The maximum Gasteiger partial charge on any atom is 0.177 e. The second kappa shape index (κ2) is 3.85. The van der Waals surface area contributed by atoms with Crippen molar-refractivity contribution in [3.63, 3.8) is 0 Å². The van der Waals surface area contributed by atoms with Gasteiger partial charge in [-0.3, -0.25) is 4.98 Å². The lowest BCUT2D eigenvalue weighted by Gasteiger charge is -2.00. The van der Waals surface area contributed by atoms with Crippen molar-refractivity contribution in [1.82, 2.24) is 10.3 Å². The van der Waals surface area contributed by atoms with Crippen molar-refractivity contribution >= 4 is 9.84 Å². The SMILES string of the molecule is CNCc1ccc(S(C)(=O)=O)cn1. The largest absolute Gasteiger partial charge is 0.314 e. The number of nitrogens with one attached hydrogen (secondary N) is 1. The second-order valence-corrected chi connectivity index (χ2v) is 4.80. The summed E-state index contributed by atoms with van der Waals surface area (Å²) in [4.78, 5) is 4.25. The number of hydrogen-bond acceptors (Lipinski definition) is 4. The Morgan fingerprint density at radius 1 is 1.46 bits per heavy atom. The molecular formula is C8H12N2O2S.